The second kappa shape index (κ2) is 15.0. The fourth-order valence-corrected chi connectivity index (χ4v) is 3.36. The Labute approximate surface area is 199 Å². The second-order valence-electron chi connectivity index (χ2n) is 8.49. The number of halogens is 1. The molecule has 1 saturated heterocycles. The second-order valence-corrected chi connectivity index (χ2v) is 8.49. The summed E-state index contributed by atoms with van der Waals surface area (Å²) in [6.07, 6.45) is 4.74. The first kappa shape index (κ1) is 27.1. The van der Waals surface area contributed by atoms with Crippen molar-refractivity contribution in [1.82, 2.24) is 30.3 Å². The molecule has 0 amide bonds. The van der Waals surface area contributed by atoms with Gasteiger partial charge in [-0.3, -0.25) is 4.90 Å². The molecule has 9 heteroatoms. The van der Waals surface area contributed by atoms with E-state index in [9.17, 15) is 0 Å². The van der Waals surface area contributed by atoms with Crippen LogP contribution >= 0.6 is 24.0 Å². The monoisotopic (exact) mass is 535 g/mol. The maximum absolute atomic E-state index is 5.42. The van der Waals surface area contributed by atoms with Gasteiger partial charge in [0.05, 0.1) is 13.2 Å². The van der Waals surface area contributed by atoms with Gasteiger partial charge in [-0.1, -0.05) is 26.7 Å². The molecule has 1 aliphatic heterocycles. The number of ether oxygens (including phenoxy) is 1. The van der Waals surface area contributed by atoms with Crippen LogP contribution in [0.25, 0.3) is 0 Å². The molecule has 0 aromatic carbocycles. The molecule has 1 aromatic heterocycles. The van der Waals surface area contributed by atoms with Crippen LogP contribution in [0.15, 0.2) is 4.99 Å². The van der Waals surface area contributed by atoms with Gasteiger partial charge in [0.2, 0.25) is 0 Å². The lowest BCUT2D eigenvalue weighted by atomic mass is 10.0. The van der Waals surface area contributed by atoms with E-state index in [1.165, 1.54) is 12.8 Å². The Balaban J connectivity index is 0.00000450. The molecular weight excluding hydrogens is 493 g/mol. The van der Waals surface area contributed by atoms with Crippen molar-refractivity contribution < 1.29 is 4.74 Å². The molecule has 2 N–H and O–H groups in total. The molecule has 0 radical (unpaired) electrons. The quantitative estimate of drug-likeness (QED) is 0.196. The predicted molar refractivity (Wildman–Crippen MR) is 133 cm³/mol. The molecule has 0 saturated carbocycles. The zero-order valence-corrected chi connectivity index (χ0v) is 21.8. The van der Waals surface area contributed by atoms with Crippen LogP contribution in [0, 0.1) is 12.8 Å². The Kier molecular flexibility index (Phi) is 13.5. The molecule has 0 aliphatic carbocycles. The van der Waals surface area contributed by atoms with Crippen LogP contribution in [-0.2, 0) is 18.3 Å². The molecule has 1 atom stereocenters. The van der Waals surface area contributed by atoms with Crippen molar-refractivity contribution in [1.29, 1.82) is 0 Å². The summed E-state index contributed by atoms with van der Waals surface area (Å²) in [6.45, 7) is 15.1. The third-order valence-corrected chi connectivity index (χ3v) is 5.41. The van der Waals surface area contributed by atoms with Gasteiger partial charge in [0.1, 0.15) is 12.4 Å². The number of hydrogen-bond donors (Lipinski definition) is 2. The summed E-state index contributed by atoms with van der Waals surface area (Å²) in [5, 5.41) is 15.4. The molecule has 1 aliphatic rings. The lowest BCUT2D eigenvalue weighted by Crippen LogP contribution is -2.44. The van der Waals surface area contributed by atoms with Gasteiger partial charge < -0.3 is 19.9 Å². The minimum Gasteiger partial charge on any atom is -0.379 e. The number of rotatable bonds is 11. The van der Waals surface area contributed by atoms with Crippen molar-refractivity contribution >= 4 is 29.9 Å². The van der Waals surface area contributed by atoms with E-state index < -0.39 is 0 Å². The van der Waals surface area contributed by atoms with Crippen molar-refractivity contribution in [3.63, 3.8) is 0 Å². The Morgan fingerprint density at radius 3 is 2.50 bits per heavy atom. The number of guanidine groups is 1. The summed E-state index contributed by atoms with van der Waals surface area (Å²) in [5.41, 5.74) is 0. The van der Waals surface area contributed by atoms with Crippen LogP contribution in [0.5, 0.6) is 0 Å². The highest BCUT2D eigenvalue weighted by Crippen LogP contribution is 2.08. The first-order chi connectivity index (χ1) is 14.0. The van der Waals surface area contributed by atoms with Crippen molar-refractivity contribution in [3.8, 4) is 0 Å². The first-order valence-electron chi connectivity index (χ1n) is 11.2. The van der Waals surface area contributed by atoms with Crippen LogP contribution in [-0.4, -0.2) is 71.1 Å². The zero-order valence-electron chi connectivity index (χ0n) is 19.5. The minimum absolute atomic E-state index is 0. The molecule has 1 unspecified atom stereocenters. The van der Waals surface area contributed by atoms with Crippen LogP contribution in [0.4, 0.5) is 0 Å². The minimum atomic E-state index is 0. The Morgan fingerprint density at radius 2 is 1.87 bits per heavy atom. The molecule has 2 heterocycles. The molecule has 8 nitrogen and oxygen atoms in total. The van der Waals surface area contributed by atoms with Gasteiger partial charge >= 0.3 is 0 Å². The van der Waals surface area contributed by atoms with E-state index in [1.807, 2.05) is 18.5 Å². The average Bonchev–Trinajstić information content (AvgIpc) is 3.01. The standard InChI is InChI=1S/C21H41N7O.HI/c1-17(2)8-6-9-18(3)24-21(23-16-20-26-25-19(4)27(20)5)22-10-7-11-28-12-14-29-15-13-28;/h17-18H,6-16H2,1-5H3,(H2,22,23,24);1H. The SMILES string of the molecule is Cc1nnc(CN=C(NCCCN2CCOCC2)NC(C)CCCC(C)C)n1C.I. The van der Waals surface area contributed by atoms with E-state index >= 15 is 0 Å². The van der Waals surface area contributed by atoms with E-state index in [2.05, 4.69) is 46.5 Å². The lowest BCUT2D eigenvalue weighted by Gasteiger charge is -2.26. The zero-order chi connectivity index (χ0) is 21.1. The van der Waals surface area contributed by atoms with Crippen molar-refractivity contribution in [2.75, 3.05) is 39.4 Å². The van der Waals surface area contributed by atoms with Crippen LogP contribution < -0.4 is 10.6 Å². The summed E-state index contributed by atoms with van der Waals surface area (Å²) in [5.74, 6) is 3.41. The topological polar surface area (TPSA) is 79.6 Å². The third kappa shape index (κ3) is 10.4. The molecule has 1 fully saturated rings. The van der Waals surface area contributed by atoms with Gasteiger partial charge in [0, 0.05) is 32.7 Å². The maximum Gasteiger partial charge on any atom is 0.191 e. The summed E-state index contributed by atoms with van der Waals surface area (Å²) in [6, 6.07) is 0.389. The Hall–Kier alpha value is -0.940. The molecule has 0 bridgehead atoms. The number of hydrogen-bond acceptors (Lipinski definition) is 5. The van der Waals surface area contributed by atoms with Crippen molar-refractivity contribution in [2.24, 2.45) is 18.0 Å². The first-order valence-corrected chi connectivity index (χ1v) is 11.2. The van der Waals surface area contributed by atoms with Gasteiger partial charge in [-0.05, 0) is 39.2 Å². The summed E-state index contributed by atoms with van der Waals surface area (Å²) in [4.78, 5) is 7.24. The summed E-state index contributed by atoms with van der Waals surface area (Å²) >= 11 is 0. The van der Waals surface area contributed by atoms with E-state index in [1.54, 1.807) is 0 Å². The molecule has 30 heavy (non-hydrogen) atoms. The highest BCUT2D eigenvalue weighted by molar-refractivity contribution is 14.0. The number of aromatic nitrogens is 3. The fourth-order valence-electron chi connectivity index (χ4n) is 3.36. The molecule has 0 spiro atoms. The lowest BCUT2D eigenvalue weighted by molar-refractivity contribution is 0.0376. The van der Waals surface area contributed by atoms with E-state index in [4.69, 9.17) is 9.73 Å². The Morgan fingerprint density at radius 1 is 1.13 bits per heavy atom. The molecule has 1 aromatic rings. The third-order valence-electron chi connectivity index (χ3n) is 5.41. The highest BCUT2D eigenvalue weighted by atomic mass is 127. The van der Waals surface area contributed by atoms with Gasteiger partial charge in [0.25, 0.3) is 0 Å². The Bertz CT molecular complexity index is 614. The predicted octanol–water partition coefficient (Wildman–Crippen LogP) is 2.71. The van der Waals surface area contributed by atoms with Crippen LogP contribution in [0.3, 0.4) is 0 Å². The number of aryl methyl sites for hydroxylation is 1. The molecule has 2 rings (SSSR count). The van der Waals surface area contributed by atoms with Gasteiger partial charge in [-0.2, -0.15) is 0 Å². The average molecular weight is 536 g/mol. The number of morpholine rings is 1. The van der Waals surface area contributed by atoms with Crippen LogP contribution in [0.2, 0.25) is 0 Å². The number of nitrogens with one attached hydrogen (secondary N) is 2. The highest BCUT2D eigenvalue weighted by Gasteiger charge is 2.11. The fraction of sp³-hybridized carbons (Fsp3) is 0.857. The smallest absolute Gasteiger partial charge is 0.191 e. The normalized spacial score (nSPS) is 16.4. The molecular formula is C21H42IN7O. The van der Waals surface area contributed by atoms with Crippen molar-refractivity contribution in [2.45, 2.75) is 66.0 Å². The number of nitrogens with zero attached hydrogens (tertiary/aromatic N) is 5. The number of aliphatic imine (C=N–C) groups is 1. The summed E-state index contributed by atoms with van der Waals surface area (Å²) < 4.78 is 7.41. The summed E-state index contributed by atoms with van der Waals surface area (Å²) in [7, 11) is 1.98. The van der Waals surface area contributed by atoms with E-state index in [0.717, 1.165) is 75.8 Å². The maximum atomic E-state index is 5.42. The van der Waals surface area contributed by atoms with Crippen molar-refractivity contribution in [3.05, 3.63) is 11.6 Å². The van der Waals surface area contributed by atoms with Crippen LogP contribution in [0.1, 0.15) is 58.1 Å². The van der Waals surface area contributed by atoms with Gasteiger partial charge in [0.15, 0.2) is 11.8 Å². The largest absolute Gasteiger partial charge is 0.379 e. The van der Waals surface area contributed by atoms with Gasteiger partial charge in [-0.25, -0.2) is 4.99 Å². The van der Waals surface area contributed by atoms with E-state index in [-0.39, 0.29) is 24.0 Å². The molecule has 174 valence electrons. The van der Waals surface area contributed by atoms with E-state index in [0.29, 0.717) is 12.6 Å². The van der Waals surface area contributed by atoms with Gasteiger partial charge in [-0.15, -0.1) is 34.2 Å².